The molecule has 0 aliphatic carbocycles. The minimum Gasteiger partial charge on any atom is -0.486 e. The first kappa shape index (κ1) is 18.1. The third-order valence-electron chi connectivity index (χ3n) is 3.00. The highest BCUT2D eigenvalue weighted by Gasteiger charge is 2.20. The summed E-state index contributed by atoms with van der Waals surface area (Å²) in [6.45, 7) is 3.24. The monoisotopic (exact) mass is 345 g/mol. The first-order valence-corrected chi connectivity index (χ1v) is 7.59. The van der Waals surface area contributed by atoms with Crippen LogP contribution in [0.2, 0.25) is 0 Å². The number of nitrogens with one attached hydrogen (secondary N) is 1. The average molecular weight is 345 g/mol. The molecule has 0 bridgehead atoms. The van der Waals surface area contributed by atoms with Gasteiger partial charge in [-0.2, -0.15) is 8.78 Å². The van der Waals surface area contributed by atoms with E-state index < -0.39 is 18.3 Å². The predicted octanol–water partition coefficient (Wildman–Crippen LogP) is 3.13. The molecule has 0 radical (unpaired) electrons. The van der Waals surface area contributed by atoms with E-state index in [4.69, 9.17) is 14.2 Å². The van der Waals surface area contributed by atoms with Crippen molar-refractivity contribution in [2.45, 2.75) is 39.4 Å². The lowest BCUT2D eigenvalue weighted by Gasteiger charge is -2.22. The fourth-order valence-corrected chi connectivity index (χ4v) is 2.13. The summed E-state index contributed by atoms with van der Waals surface area (Å²) in [6.07, 6.45) is -0.297. The van der Waals surface area contributed by atoms with Crippen molar-refractivity contribution in [1.82, 2.24) is 5.32 Å². The Hall–Kier alpha value is -2.25. The summed E-state index contributed by atoms with van der Waals surface area (Å²) in [5.74, 6) is 0.830. The molecule has 1 N–H and O–H groups in total. The van der Waals surface area contributed by atoms with E-state index >= 15 is 0 Å². The van der Waals surface area contributed by atoms with Gasteiger partial charge in [-0.15, -0.1) is 0 Å². The van der Waals surface area contributed by atoms with Crippen LogP contribution in [0, 0.1) is 0 Å². The average Bonchev–Trinajstić information content (AvgIpc) is 2.45. The van der Waals surface area contributed by atoms with E-state index in [-0.39, 0.29) is 18.7 Å². The number of alkyl halides is 2. The van der Waals surface area contributed by atoms with Crippen molar-refractivity contribution in [3.63, 3.8) is 0 Å². The van der Waals surface area contributed by atoms with Crippen LogP contribution in [0.1, 0.15) is 26.3 Å². The number of hydrogen-bond acceptors (Lipinski definition) is 5. The Morgan fingerprint density at radius 3 is 2.46 bits per heavy atom. The molecule has 1 heterocycles. The Labute approximate surface area is 139 Å². The summed E-state index contributed by atoms with van der Waals surface area (Å²) < 4.78 is 45.6. The standard InChI is InChI=1S/C16H21F2NO5/c1-16(2,3)24-15(20)19-5-4-10-8-12-13(22-7-6-21-12)9-11(10)23-14(17)18/h8-9,14H,4-7H2,1-3H3,(H,19,20). The van der Waals surface area contributed by atoms with Gasteiger partial charge in [0, 0.05) is 18.2 Å². The number of carbonyl (C=O) groups is 1. The van der Waals surface area contributed by atoms with E-state index in [9.17, 15) is 13.6 Å². The number of carbonyl (C=O) groups excluding carboxylic acids is 1. The van der Waals surface area contributed by atoms with Gasteiger partial charge in [-0.1, -0.05) is 0 Å². The van der Waals surface area contributed by atoms with Crippen LogP contribution in [0.3, 0.4) is 0 Å². The number of hydrogen-bond donors (Lipinski definition) is 1. The Balaban J connectivity index is 2.03. The molecule has 0 saturated carbocycles. The first-order valence-electron chi connectivity index (χ1n) is 7.59. The van der Waals surface area contributed by atoms with E-state index in [1.807, 2.05) is 0 Å². The molecule has 0 unspecified atom stereocenters. The third-order valence-corrected chi connectivity index (χ3v) is 3.00. The van der Waals surface area contributed by atoms with Crippen LogP contribution in [0.25, 0.3) is 0 Å². The summed E-state index contributed by atoms with van der Waals surface area (Å²) in [6, 6.07) is 2.96. The summed E-state index contributed by atoms with van der Waals surface area (Å²) in [5.41, 5.74) is -0.124. The van der Waals surface area contributed by atoms with Crippen LogP contribution in [0.15, 0.2) is 12.1 Å². The van der Waals surface area contributed by atoms with Gasteiger partial charge >= 0.3 is 12.7 Å². The molecule has 0 spiro atoms. The molecule has 134 valence electrons. The Kier molecular flexibility index (Phi) is 5.69. The fraction of sp³-hybridized carbons (Fsp3) is 0.562. The summed E-state index contributed by atoms with van der Waals surface area (Å²) in [5, 5.41) is 2.57. The second-order valence-corrected chi connectivity index (χ2v) is 6.16. The maximum atomic E-state index is 12.6. The maximum Gasteiger partial charge on any atom is 0.407 e. The normalized spacial score (nSPS) is 13.6. The molecule has 1 aromatic rings. The largest absolute Gasteiger partial charge is 0.486 e. The highest BCUT2D eigenvalue weighted by molar-refractivity contribution is 5.67. The molecule has 0 fully saturated rings. The van der Waals surface area contributed by atoms with Gasteiger partial charge < -0.3 is 24.3 Å². The molecule has 0 aromatic heterocycles. The molecular formula is C16H21F2NO5. The van der Waals surface area contributed by atoms with Crippen molar-refractivity contribution in [1.29, 1.82) is 0 Å². The Morgan fingerprint density at radius 1 is 1.25 bits per heavy atom. The van der Waals surface area contributed by atoms with Crippen LogP contribution in [0.4, 0.5) is 13.6 Å². The minimum absolute atomic E-state index is 0.000221. The summed E-state index contributed by atoms with van der Waals surface area (Å²) >= 11 is 0. The van der Waals surface area contributed by atoms with Crippen LogP contribution in [-0.2, 0) is 11.2 Å². The molecule has 6 nitrogen and oxygen atoms in total. The molecule has 24 heavy (non-hydrogen) atoms. The lowest BCUT2D eigenvalue weighted by Crippen LogP contribution is -2.33. The second kappa shape index (κ2) is 7.55. The van der Waals surface area contributed by atoms with Crippen LogP contribution < -0.4 is 19.5 Å². The van der Waals surface area contributed by atoms with Crippen molar-refractivity contribution in [3.05, 3.63) is 17.7 Å². The van der Waals surface area contributed by atoms with Gasteiger partial charge in [-0.05, 0) is 33.3 Å². The van der Waals surface area contributed by atoms with Crippen molar-refractivity contribution >= 4 is 6.09 Å². The van der Waals surface area contributed by atoms with Crippen LogP contribution >= 0.6 is 0 Å². The van der Waals surface area contributed by atoms with Gasteiger partial charge in [0.1, 0.15) is 24.6 Å². The molecule has 1 aromatic carbocycles. The van der Waals surface area contributed by atoms with E-state index in [1.54, 1.807) is 26.8 Å². The number of rotatable bonds is 5. The molecule has 8 heteroatoms. The Morgan fingerprint density at radius 2 is 1.88 bits per heavy atom. The van der Waals surface area contributed by atoms with Gasteiger partial charge in [0.05, 0.1) is 0 Å². The molecule has 2 rings (SSSR count). The SMILES string of the molecule is CC(C)(C)OC(=O)NCCc1cc2c(cc1OC(F)F)OCCO2. The zero-order valence-electron chi connectivity index (χ0n) is 13.9. The number of benzene rings is 1. The van der Waals surface area contributed by atoms with Gasteiger partial charge in [0.25, 0.3) is 0 Å². The van der Waals surface area contributed by atoms with Crippen LogP contribution in [-0.4, -0.2) is 38.1 Å². The maximum absolute atomic E-state index is 12.6. The third kappa shape index (κ3) is 5.43. The van der Waals surface area contributed by atoms with E-state index in [0.29, 0.717) is 30.3 Å². The second-order valence-electron chi connectivity index (χ2n) is 6.16. The first-order chi connectivity index (χ1) is 11.2. The lowest BCUT2D eigenvalue weighted by molar-refractivity contribution is -0.0507. The number of halogens is 2. The molecule has 0 saturated heterocycles. The predicted molar refractivity (Wildman–Crippen MR) is 82.0 cm³/mol. The zero-order chi connectivity index (χ0) is 17.7. The summed E-state index contributed by atoms with van der Waals surface area (Å²) in [7, 11) is 0. The van der Waals surface area contributed by atoms with Crippen LogP contribution in [0.5, 0.6) is 17.2 Å². The molecule has 1 amide bonds. The fourth-order valence-electron chi connectivity index (χ4n) is 2.13. The van der Waals surface area contributed by atoms with E-state index in [1.165, 1.54) is 6.07 Å². The van der Waals surface area contributed by atoms with Crippen molar-refractivity contribution < 1.29 is 32.5 Å². The number of amides is 1. The molecule has 0 atom stereocenters. The van der Waals surface area contributed by atoms with Gasteiger partial charge in [-0.25, -0.2) is 4.79 Å². The number of alkyl carbamates (subject to hydrolysis) is 1. The smallest absolute Gasteiger partial charge is 0.407 e. The van der Waals surface area contributed by atoms with Crippen molar-refractivity contribution in [2.75, 3.05) is 19.8 Å². The highest BCUT2D eigenvalue weighted by Crippen LogP contribution is 2.37. The minimum atomic E-state index is -2.95. The summed E-state index contributed by atoms with van der Waals surface area (Å²) in [4.78, 5) is 11.6. The van der Waals surface area contributed by atoms with Gasteiger partial charge in [-0.3, -0.25) is 0 Å². The van der Waals surface area contributed by atoms with Crippen molar-refractivity contribution in [2.24, 2.45) is 0 Å². The van der Waals surface area contributed by atoms with Gasteiger partial charge in [0.15, 0.2) is 11.5 Å². The van der Waals surface area contributed by atoms with Crippen molar-refractivity contribution in [3.8, 4) is 17.2 Å². The van der Waals surface area contributed by atoms with Gasteiger partial charge in [0.2, 0.25) is 0 Å². The highest BCUT2D eigenvalue weighted by atomic mass is 19.3. The molecule has 1 aliphatic heterocycles. The quantitative estimate of drug-likeness (QED) is 0.888. The molecule has 1 aliphatic rings. The Bertz CT molecular complexity index is 587. The zero-order valence-corrected chi connectivity index (χ0v) is 13.9. The number of fused-ring (bicyclic) bond motifs is 1. The number of ether oxygens (including phenoxy) is 4. The molecular weight excluding hydrogens is 324 g/mol. The lowest BCUT2D eigenvalue weighted by atomic mass is 10.1. The van der Waals surface area contributed by atoms with E-state index in [0.717, 1.165) is 0 Å². The topological polar surface area (TPSA) is 66.0 Å². The van der Waals surface area contributed by atoms with E-state index in [2.05, 4.69) is 10.1 Å².